The molecule has 2 heteroatoms. The standard InChI is InChI=1S/C9H21NO/c1-5-11-8-9(2,3)6-7-10-4/h10H,5-8H2,1-4H3. The highest BCUT2D eigenvalue weighted by Crippen LogP contribution is 2.19. The summed E-state index contributed by atoms with van der Waals surface area (Å²) in [6.45, 7) is 9.27. The molecule has 0 aromatic carbocycles. The van der Waals surface area contributed by atoms with Crippen molar-refractivity contribution in [2.24, 2.45) is 5.41 Å². The molecule has 0 fully saturated rings. The van der Waals surface area contributed by atoms with Crippen molar-refractivity contribution in [1.82, 2.24) is 5.32 Å². The van der Waals surface area contributed by atoms with Gasteiger partial charge in [-0.3, -0.25) is 0 Å². The van der Waals surface area contributed by atoms with E-state index in [4.69, 9.17) is 4.74 Å². The average Bonchev–Trinajstić information content (AvgIpc) is 1.97. The summed E-state index contributed by atoms with van der Waals surface area (Å²) in [5, 5.41) is 3.14. The Bertz CT molecular complexity index is 81.6. The van der Waals surface area contributed by atoms with E-state index in [0.29, 0.717) is 5.41 Å². The number of hydrogen-bond donors (Lipinski definition) is 1. The smallest absolute Gasteiger partial charge is 0.0517 e. The van der Waals surface area contributed by atoms with Gasteiger partial charge in [0.05, 0.1) is 6.61 Å². The molecule has 0 aliphatic rings. The van der Waals surface area contributed by atoms with Crippen molar-refractivity contribution in [2.75, 3.05) is 26.8 Å². The van der Waals surface area contributed by atoms with E-state index in [9.17, 15) is 0 Å². The maximum Gasteiger partial charge on any atom is 0.0517 e. The Morgan fingerprint density at radius 1 is 1.36 bits per heavy atom. The summed E-state index contributed by atoms with van der Waals surface area (Å²) in [5.41, 5.74) is 0.318. The fourth-order valence-corrected chi connectivity index (χ4v) is 0.914. The molecule has 0 aliphatic carbocycles. The second kappa shape index (κ2) is 5.56. The summed E-state index contributed by atoms with van der Waals surface area (Å²) < 4.78 is 5.37. The lowest BCUT2D eigenvalue weighted by Crippen LogP contribution is -2.24. The van der Waals surface area contributed by atoms with Crippen LogP contribution in [0.3, 0.4) is 0 Å². The fraction of sp³-hybridized carbons (Fsp3) is 1.00. The second-order valence-corrected chi connectivity index (χ2v) is 3.65. The third-order valence-corrected chi connectivity index (χ3v) is 1.75. The molecule has 0 aromatic rings. The summed E-state index contributed by atoms with van der Waals surface area (Å²) in [6.07, 6.45) is 1.17. The molecule has 0 spiro atoms. The van der Waals surface area contributed by atoms with Crippen LogP contribution in [0.25, 0.3) is 0 Å². The molecule has 0 rings (SSSR count). The van der Waals surface area contributed by atoms with Gasteiger partial charge in [-0.25, -0.2) is 0 Å². The number of ether oxygens (including phenoxy) is 1. The van der Waals surface area contributed by atoms with Crippen molar-refractivity contribution < 1.29 is 4.74 Å². The molecule has 11 heavy (non-hydrogen) atoms. The minimum Gasteiger partial charge on any atom is -0.381 e. The van der Waals surface area contributed by atoms with Gasteiger partial charge in [-0.05, 0) is 32.4 Å². The topological polar surface area (TPSA) is 21.3 Å². The van der Waals surface area contributed by atoms with E-state index in [0.717, 1.165) is 19.8 Å². The van der Waals surface area contributed by atoms with Crippen LogP contribution in [0.15, 0.2) is 0 Å². The molecule has 0 unspecified atom stereocenters. The largest absolute Gasteiger partial charge is 0.381 e. The molecule has 2 nitrogen and oxygen atoms in total. The van der Waals surface area contributed by atoms with E-state index < -0.39 is 0 Å². The third-order valence-electron chi connectivity index (χ3n) is 1.75. The van der Waals surface area contributed by atoms with Crippen LogP contribution < -0.4 is 5.32 Å². The third kappa shape index (κ3) is 6.32. The van der Waals surface area contributed by atoms with Gasteiger partial charge in [-0.2, -0.15) is 0 Å². The van der Waals surface area contributed by atoms with Crippen molar-refractivity contribution in [3.05, 3.63) is 0 Å². The van der Waals surface area contributed by atoms with Crippen molar-refractivity contribution in [1.29, 1.82) is 0 Å². The molecule has 0 aromatic heterocycles. The Morgan fingerprint density at radius 2 is 2.00 bits per heavy atom. The molecule has 0 bridgehead atoms. The van der Waals surface area contributed by atoms with Crippen LogP contribution in [0, 0.1) is 5.41 Å². The van der Waals surface area contributed by atoms with Crippen LogP contribution >= 0.6 is 0 Å². The fourth-order valence-electron chi connectivity index (χ4n) is 0.914. The first-order valence-electron chi connectivity index (χ1n) is 4.35. The van der Waals surface area contributed by atoms with Gasteiger partial charge in [-0.1, -0.05) is 13.8 Å². The Balaban J connectivity index is 3.43. The van der Waals surface area contributed by atoms with Gasteiger partial charge in [0.1, 0.15) is 0 Å². The van der Waals surface area contributed by atoms with E-state index in [1.165, 1.54) is 6.42 Å². The Hall–Kier alpha value is -0.0800. The molecule has 0 atom stereocenters. The molecule has 0 saturated heterocycles. The first-order chi connectivity index (χ1) is 5.12. The van der Waals surface area contributed by atoms with Crippen molar-refractivity contribution in [3.8, 4) is 0 Å². The zero-order valence-electron chi connectivity index (χ0n) is 8.24. The van der Waals surface area contributed by atoms with Gasteiger partial charge in [0.2, 0.25) is 0 Å². The zero-order chi connectivity index (χ0) is 8.74. The maximum absolute atomic E-state index is 5.37. The average molecular weight is 159 g/mol. The molecular weight excluding hydrogens is 138 g/mol. The lowest BCUT2D eigenvalue weighted by Gasteiger charge is -2.23. The minimum absolute atomic E-state index is 0.318. The molecule has 68 valence electrons. The highest BCUT2D eigenvalue weighted by Gasteiger charge is 2.16. The lowest BCUT2D eigenvalue weighted by atomic mass is 9.90. The molecule has 0 amide bonds. The lowest BCUT2D eigenvalue weighted by molar-refractivity contribution is 0.0665. The van der Waals surface area contributed by atoms with E-state index >= 15 is 0 Å². The first-order valence-corrected chi connectivity index (χ1v) is 4.35. The van der Waals surface area contributed by atoms with Crippen LogP contribution in [0.5, 0.6) is 0 Å². The summed E-state index contributed by atoms with van der Waals surface area (Å²) in [4.78, 5) is 0. The van der Waals surface area contributed by atoms with Crippen molar-refractivity contribution in [2.45, 2.75) is 27.2 Å². The van der Waals surface area contributed by atoms with Crippen molar-refractivity contribution >= 4 is 0 Å². The molecule has 0 radical (unpaired) electrons. The zero-order valence-corrected chi connectivity index (χ0v) is 8.24. The first kappa shape index (κ1) is 10.9. The molecule has 0 aliphatic heterocycles. The van der Waals surface area contributed by atoms with Gasteiger partial charge in [0, 0.05) is 6.61 Å². The van der Waals surface area contributed by atoms with Crippen molar-refractivity contribution in [3.63, 3.8) is 0 Å². The minimum atomic E-state index is 0.318. The van der Waals surface area contributed by atoms with E-state index in [1.807, 2.05) is 14.0 Å². The van der Waals surface area contributed by atoms with Crippen LogP contribution in [0.1, 0.15) is 27.2 Å². The van der Waals surface area contributed by atoms with E-state index in [-0.39, 0.29) is 0 Å². The molecular formula is C9H21NO. The molecule has 0 saturated carbocycles. The second-order valence-electron chi connectivity index (χ2n) is 3.65. The summed E-state index contributed by atoms with van der Waals surface area (Å²) in [7, 11) is 1.98. The monoisotopic (exact) mass is 159 g/mol. The Kier molecular flexibility index (Phi) is 5.51. The number of nitrogens with one attached hydrogen (secondary N) is 1. The van der Waals surface area contributed by atoms with Crippen LogP contribution in [0.2, 0.25) is 0 Å². The van der Waals surface area contributed by atoms with Crippen LogP contribution in [-0.2, 0) is 4.74 Å². The highest BCUT2D eigenvalue weighted by molar-refractivity contribution is 4.68. The van der Waals surface area contributed by atoms with Gasteiger partial charge in [0.15, 0.2) is 0 Å². The summed E-state index contributed by atoms with van der Waals surface area (Å²) in [6, 6.07) is 0. The number of hydrogen-bond acceptors (Lipinski definition) is 2. The van der Waals surface area contributed by atoms with Gasteiger partial charge in [0.25, 0.3) is 0 Å². The number of rotatable bonds is 6. The Morgan fingerprint density at radius 3 is 2.45 bits per heavy atom. The molecule has 1 N–H and O–H groups in total. The van der Waals surface area contributed by atoms with E-state index in [2.05, 4.69) is 19.2 Å². The quantitative estimate of drug-likeness (QED) is 0.636. The summed E-state index contributed by atoms with van der Waals surface area (Å²) >= 11 is 0. The van der Waals surface area contributed by atoms with E-state index in [1.54, 1.807) is 0 Å². The van der Waals surface area contributed by atoms with Gasteiger partial charge < -0.3 is 10.1 Å². The normalized spacial score (nSPS) is 12.0. The van der Waals surface area contributed by atoms with Crippen LogP contribution in [-0.4, -0.2) is 26.8 Å². The molecule has 0 heterocycles. The van der Waals surface area contributed by atoms with Crippen LogP contribution in [0.4, 0.5) is 0 Å². The van der Waals surface area contributed by atoms with Gasteiger partial charge in [-0.15, -0.1) is 0 Å². The Labute approximate surface area is 70.3 Å². The predicted molar refractivity (Wildman–Crippen MR) is 48.8 cm³/mol. The maximum atomic E-state index is 5.37. The summed E-state index contributed by atoms with van der Waals surface area (Å²) in [5.74, 6) is 0. The van der Waals surface area contributed by atoms with Gasteiger partial charge >= 0.3 is 0 Å². The highest BCUT2D eigenvalue weighted by atomic mass is 16.5. The predicted octanol–water partition coefficient (Wildman–Crippen LogP) is 1.66. The SMILES string of the molecule is CCOCC(C)(C)CCNC.